The van der Waals surface area contributed by atoms with Gasteiger partial charge in [-0.25, -0.2) is 0 Å². The molecule has 6 nitrogen and oxygen atoms in total. The van der Waals surface area contributed by atoms with Crippen LogP contribution in [-0.2, 0) is 14.2 Å². The molecule has 0 amide bonds. The Kier molecular flexibility index (Phi) is 10.8. The third-order valence-electron chi connectivity index (χ3n) is 6.18. The number of aliphatic hydroxyl groups is 3. The molecule has 0 aromatic heterocycles. The van der Waals surface area contributed by atoms with Gasteiger partial charge in [-0.2, -0.15) is 0 Å². The van der Waals surface area contributed by atoms with Gasteiger partial charge in [-0.05, 0) is 49.9 Å². The topological polar surface area (TPSA) is 88.4 Å². The normalized spacial score (nSPS) is 40.2. The smallest absolute Gasteiger partial charge is 0.112 e. The summed E-state index contributed by atoms with van der Waals surface area (Å²) in [5.41, 5.74) is 0. The number of aliphatic hydroxyl groups excluding tert-OH is 3. The van der Waals surface area contributed by atoms with Crippen LogP contribution in [0.15, 0.2) is 0 Å². The van der Waals surface area contributed by atoms with E-state index in [0.717, 1.165) is 45.3 Å². The first-order valence-electron chi connectivity index (χ1n) is 10.4. The minimum atomic E-state index is -0.557. The second-order valence-corrected chi connectivity index (χ2v) is 9.40. The minimum absolute atomic E-state index is 0.0569. The highest BCUT2D eigenvalue weighted by Crippen LogP contribution is 2.39. The number of rotatable bonds is 10. The van der Waals surface area contributed by atoms with Crippen molar-refractivity contribution in [2.45, 2.75) is 80.9 Å². The highest BCUT2D eigenvalue weighted by molar-refractivity contribution is 14.1. The van der Waals surface area contributed by atoms with E-state index in [1.807, 2.05) is 0 Å². The molecule has 0 bridgehead atoms. The van der Waals surface area contributed by atoms with E-state index < -0.39 is 12.2 Å². The van der Waals surface area contributed by atoms with Crippen LogP contribution >= 0.6 is 22.6 Å². The lowest BCUT2D eigenvalue weighted by Gasteiger charge is -2.42. The maximum Gasteiger partial charge on any atom is 0.112 e. The molecule has 27 heavy (non-hydrogen) atoms. The Balaban J connectivity index is 1.53. The Hall–Kier alpha value is 0.490. The molecule has 4 unspecified atom stereocenters. The van der Waals surface area contributed by atoms with Crippen LogP contribution in [0.5, 0.6) is 0 Å². The number of hydrogen-bond donors (Lipinski definition) is 3. The Bertz CT molecular complexity index is 410. The first-order chi connectivity index (χ1) is 12.9. The Morgan fingerprint density at radius 2 is 1.74 bits per heavy atom. The van der Waals surface area contributed by atoms with Crippen LogP contribution in [0.25, 0.3) is 0 Å². The molecule has 3 N–H and O–H groups in total. The molecule has 0 saturated carbocycles. The highest BCUT2D eigenvalue weighted by atomic mass is 127. The van der Waals surface area contributed by atoms with E-state index in [9.17, 15) is 15.3 Å². The molecule has 2 heterocycles. The van der Waals surface area contributed by atoms with Gasteiger partial charge in [0.2, 0.25) is 0 Å². The van der Waals surface area contributed by atoms with Crippen LogP contribution < -0.4 is 0 Å². The van der Waals surface area contributed by atoms with Crippen molar-refractivity contribution in [2.75, 3.05) is 26.4 Å². The second-order valence-electron chi connectivity index (χ2n) is 8.17. The summed E-state index contributed by atoms with van der Waals surface area (Å²) in [5, 5.41) is 28.9. The summed E-state index contributed by atoms with van der Waals surface area (Å²) < 4.78 is 17.4. The van der Waals surface area contributed by atoms with Gasteiger partial charge in [0.15, 0.2) is 0 Å². The molecule has 0 aromatic rings. The van der Waals surface area contributed by atoms with Gasteiger partial charge in [-0.1, -0.05) is 36.4 Å². The predicted molar refractivity (Wildman–Crippen MR) is 112 cm³/mol. The van der Waals surface area contributed by atoms with Crippen molar-refractivity contribution in [1.82, 2.24) is 0 Å². The van der Waals surface area contributed by atoms with E-state index in [1.165, 1.54) is 0 Å². The van der Waals surface area contributed by atoms with Crippen molar-refractivity contribution >= 4 is 22.6 Å². The molecule has 2 aliphatic heterocycles. The molecule has 2 rings (SSSR count). The van der Waals surface area contributed by atoms with Crippen molar-refractivity contribution in [1.29, 1.82) is 0 Å². The number of alkyl halides is 1. The first kappa shape index (κ1) is 23.8. The Morgan fingerprint density at radius 3 is 2.44 bits per heavy atom. The van der Waals surface area contributed by atoms with Crippen LogP contribution in [-0.4, -0.2) is 70.3 Å². The third kappa shape index (κ3) is 7.35. The van der Waals surface area contributed by atoms with Crippen LogP contribution in [0.3, 0.4) is 0 Å². The van der Waals surface area contributed by atoms with Gasteiger partial charge >= 0.3 is 0 Å². The minimum Gasteiger partial charge on any atom is -0.394 e. The predicted octanol–water partition coefficient (Wildman–Crippen LogP) is 2.50. The molecule has 8 atom stereocenters. The van der Waals surface area contributed by atoms with Crippen molar-refractivity contribution < 1.29 is 29.5 Å². The third-order valence-corrected chi connectivity index (χ3v) is 7.61. The van der Waals surface area contributed by atoms with Gasteiger partial charge in [-0.15, -0.1) is 0 Å². The van der Waals surface area contributed by atoms with Gasteiger partial charge in [0.1, 0.15) is 4.11 Å². The van der Waals surface area contributed by atoms with Crippen LogP contribution in [0.1, 0.15) is 52.4 Å². The molecule has 2 fully saturated rings. The average molecular weight is 500 g/mol. The molecule has 0 aromatic carbocycles. The lowest BCUT2D eigenvalue weighted by atomic mass is 9.76. The highest BCUT2D eigenvalue weighted by Gasteiger charge is 2.39. The zero-order chi connectivity index (χ0) is 19.8. The standard InChI is InChI=1S/C20H37IO6/c1-13-14(2)20(21)27-19(11-22)16(13)6-5-9-25-8-4-3-7-18-17(24)10-15(23)12-26-18/h13-20,22-24H,3-12H2,1-2H3/t13?,14?,15-,16-,17?,18-,19?,20+/m0/s1. The summed E-state index contributed by atoms with van der Waals surface area (Å²) in [6.45, 7) is 6.37. The second kappa shape index (κ2) is 12.2. The molecule has 160 valence electrons. The van der Waals surface area contributed by atoms with Crippen molar-refractivity contribution in [3.8, 4) is 0 Å². The number of hydrogen-bond acceptors (Lipinski definition) is 6. The van der Waals surface area contributed by atoms with E-state index >= 15 is 0 Å². The van der Waals surface area contributed by atoms with Crippen LogP contribution in [0.4, 0.5) is 0 Å². The lowest BCUT2D eigenvalue weighted by Crippen LogP contribution is -2.45. The number of unbranched alkanes of at least 4 members (excludes halogenated alkanes) is 1. The fourth-order valence-corrected chi connectivity index (χ4v) is 5.21. The van der Waals surface area contributed by atoms with Crippen LogP contribution in [0.2, 0.25) is 0 Å². The quantitative estimate of drug-likeness (QED) is 0.243. The summed E-state index contributed by atoms with van der Waals surface area (Å²) in [4.78, 5) is 0. The summed E-state index contributed by atoms with van der Waals surface area (Å²) in [6.07, 6.45) is 3.82. The molecular formula is C20H37IO6. The lowest BCUT2D eigenvalue weighted by molar-refractivity contribution is -0.125. The SMILES string of the molecule is CC1C(C)[C@H](I)OC(CO)[C@H]1CCCOCCCC[C@@H]1OC[C@@H](O)CC1O. The largest absolute Gasteiger partial charge is 0.394 e. The molecule has 2 saturated heterocycles. The molecule has 2 aliphatic rings. The van der Waals surface area contributed by atoms with Crippen molar-refractivity contribution in [3.05, 3.63) is 0 Å². The summed E-state index contributed by atoms with van der Waals surface area (Å²) in [7, 11) is 0. The first-order valence-corrected chi connectivity index (χ1v) is 11.6. The average Bonchev–Trinajstić information content (AvgIpc) is 2.64. The van der Waals surface area contributed by atoms with E-state index in [1.54, 1.807) is 0 Å². The monoisotopic (exact) mass is 500 g/mol. The Morgan fingerprint density at radius 1 is 1.00 bits per heavy atom. The summed E-state index contributed by atoms with van der Waals surface area (Å²) in [5.74, 6) is 1.43. The maximum atomic E-state index is 9.89. The van der Waals surface area contributed by atoms with E-state index in [4.69, 9.17) is 14.2 Å². The van der Waals surface area contributed by atoms with Gasteiger partial charge in [0.25, 0.3) is 0 Å². The van der Waals surface area contributed by atoms with Gasteiger partial charge in [0.05, 0.1) is 37.6 Å². The molecule has 0 radical (unpaired) electrons. The van der Waals surface area contributed by atoms with E-state index in [0.29, 0.717) is 30.8 Å². The zero-order valence-electron chi connectivity index (χ0n) is 16.6. The molecule has 0 aliphatic carbocycles. The number of halogens is 1. The molecular weight excluding hydrogens is 463 g/mol. The Labute approximate surface area is 177 Å². The molecule has 7 heteroatoms. The maximum absolute atomic E-state index is 9.89. The zero-order valence-corrected chi connectivity index (χ0v) is 18.8. The fraction of sp³-hybridized carbons (Fsp3) is 1.00. The van der Waals surface area contributed by atoms with Crippen LogP contribution in [0, 0.1) is 17.8 Å². The summed E-state index contributed by atoms with van der Waals surface area (Å²) in [6, 6.07) is 0. The summed E-state index contributed by atoms with van der Waals surface area (Å²) >= 11 is 2.33. The van der Waals surface area contributed by atoms with Gasteiger partial charge in [0, 0.05) is 19.6 Å². The molecule has 0 spiro atoms. The number of ether oxygens (including phenoxy) is 3. The van der Waals surface area contributed by atoms with Gasteiger partial charge < -0.3 is 29.5 Å². The van der Waals surface area contributed by atoms with Crippen molar-refractivity contribution in [3.63, 3.8) is 0 Å². The van der Waals surface area contributed by atoms with Crippen molar-refractivity contribution in [2.24, 2.45) is 17.8 Å². The van der Waals surface area contributed by atoms with E-state index in [2.05, 4.69) is 36.4 Å². The van der Waals surface area contributed by atoms with Gasteiger partial charge in [-0.3, -0.25) is 0 Å². The fourth-order valence-electron chi connectivity index (χ4n) is 4.18. The van der Waals surface area contributed by atoms with E-state index in [-0.39, 0.29) is 22.9 Å².